The van der Waals surface area contributed by atoms with Crippen LogP contribution < -0.4 is 5.32 Å². The van der Waals surface area contributed by atoms with Crippen LogP contribution in [0.5, 0.6) is 0 Å². The summed E-state index contributed by atoms with van der Waals surface area (Å²) in [5.74, 6) is 0.627. The van der Waals surface area contributed by atoms with Crippen LogP contribution in [0.1, 0.15) is 17.3 Å². The van der Waals surface area contributed by atoms with E-state index in [-0.39, 0.29) is 0 Å². The summed E-state index contributed by atoms with van der Waals surface area (Å²) >= 11 is 7.01. The average molecular weight is 315 g/mol. The third kappa shape index (κ3) is 2.09. The van der Waals surface area contributed by atoms with E-state index in [1.807, 2.05) is 0 Å². The van der Waals surface area contributed by atoms with Crippen LogP contribution in [0.3, 0.4) is 0 Å². The van der Waals surface area contributed by atoms with Gasteiger partial charge in [-0.3, -0.25) is 0 Å². The van der Waals surface area contributed by atoms with Crippen molar-refractivity contribution in [1.82, 2.24) is 10.3 Å². The van der Waals surface area contributed by atoms with Crippen LogP contribution in [-0.2, 0) is 0 Å². The van der Waals surface area contributed by atoms with Gasteiger partial charge in [-0.2, -0.15) is 0 Å². The van der Waals surface area contributed by atoms with Crippen LogP contribution >= 0.6 is 38.6 Å². The van der Waals surface area contributed by atoms with Crippen molar-refractivity contribution in [2.75, 3.05) is 13.1 Å². The summed E-state index contributed by atoms with van der Waals surface area (Å²) in [6.45, 7) is 2.21. The molecule has 0 spiro atoms. The van der Waals surface area contributed by atoms with Crippen LogP contribution in [0.15, 0.2) is 21.3 Å². The molecule has 1 unspecified atom stereocenters. The van der Waals surface area contributed by atoms with Gasteiger partial charge in [0.2, 0.25) is 0 Å². The van der Waals surface area contributed by atoms with Gasteiger partial charge in [0.1, 0.15) is 0 Å². The number of halogens is 1. The van der Waals surface area contributed by atoms with Gasteiger partial charge < -0.3 is 5.32 Å². The zero-order valence-electron chi connectivity index (χ0n) is 8.57. The Labute approximate surface area is 111 Å². The Hall–Kier alpha value is -0.230. The second-order valence-electron chi connectivity index (χ2n) is 3.89. The molecule has 2 aromatic heterocycles. The first kappa shape index (κ1) is 10.9. The maximum absolute atomic E-state index is 4.74. The predicted octanol–water partition coefficient (Wildman–Crippen LogP) is 3.71. The van der Waals surface area contributed by atoms with E-state index < -0.39 is 0 Å². The molecule has 2 nitrogen and oxygen atoms in total. The van der Waals surface area contributed by atoms with Crippen molar-refractivity contribution in [1.29, 1.82) is 0 Å². The highest BCUT2D eigenvalue weighted by atomic mass is 79.9. The van der Waals surface area contributed by atoms with E-state index in [1.165, 1.54) is 16.3 Å². The topological polar surface area (TPSA) is 24.9 Å². The highest BCUT2D eigenvalue weighted by Gasteiger charge is 2.20. The van der Waals surface area contributed by atoms with Crippen molar-refractivity contribution >= 4 is 38.6 Å². The Morgan fingerprint density at radius 2 is 2.31 bits per heavy atom. The summed E-state index contributed by atoms with van der Waals surface area (Å²) in [6.07, 6.45) is 1.22. The van der Waals surface area contributed by atoms with E-state index in [0.717, 1.165) is 23.3 Å². The molecule has 0 radical (unpaired) electrons. The van der Waals surface area contributed by atoms with Gasteiger partial charge in [-0.15, -0.1) is 22.7 Å². The van der Waals surface area contributed by atoms with E-state index in [0.29, 0.717) is 5.92 Å². The number of hydrogen-bond acceptors (Lipinski definition) is 4. The van der Waals surface area contributed by atoms with Gasteiger partial charge in [-0.25, -0.2) is 4.98 Å². The first-order chi connectivity index (χ1) is 7.83. The normalized spacial score (nSPS) is 20.4. The first-order valence-corrected chi connectivity index (χ1v) is 7.79. The van der Waals surface area contributed by atoms with Gasteiger partial charge in [0.25, 0.3) is 0 Å². The van der Waals surface area contributed by atoms with Crippen LogP contribution in [0.4, 0.5) is 0 Å². The van der Waals surface area contributed by atoms with Gasteiger partial charge in [0, 0.05) is 27.7 Å². The molecular weight excluding hydrogens is 304 g/mol. The third-order valence-corrected chi connectivity index (χ3v) is 5.47. The second-order valence-corrected chi connectivity index (χ2v) is 6.61. The molecule has 3 heterocycles. The monoisotopic (exact) mass is 314 g/mol. The summed E-state index contributed by atoms with van der Waals surface area (Å²) in [6, 6.07) is 2.14. The summed E-state index contributed by atoms with van der Waals surface area (Å²) < 4.78 is 1.14. The minimum Gasteiger partial charge on any atom is -0.316 e. The number of hydrogen-bond donors (Lipinski definition) is 1. The minimum atomic E-state index is 0.627. The number of aromatic nitrogens is 1. The highest BCUT2D eigenvalue weighted by Crippen LogP contribution is 2.33. The Kier molecular flexibility index (Phi) is 3.11. The van der Waals surface area contributed by atoms with Crippen molar-refractivity contribution in [3.05, 3.63) is 26.3 Å². The van der Waals surface area contributed by atoms with Crippen molar-refractivity contribution in [2.24, 2.45) is 0 Å². The lowest BCUT2D eigenvalue weighted by Gasteiger charge is -2.01. The molecule has 1 aliphatic rings. The predicted molar refractivity (Wildman–Crippen MR) is 73.4 cm³/mol. The molecule has 1 aliphatic heterocycles. The van der Waals surface area contributed by atoms with E-state index in [2.05, 4.69) is 38.1 Å². The highest BCUT2D eigenvalue weighted by molar-refractivity contribution is 9.10. The van der Waals surface area contributed by atoms with Crippen molar-refractivity contribution in [3.8, 4) is 10.6 Å². The maximum Gasteiger partial charge on any atom is 0.0977 e. The lowest BCUT2D eigenvalue weighted by molar-refractivity contribution is 0.756. The molecule has 2 aromatic rings. The number of nitrogens with zero attached hydrogens (tertiary/aromatic N) is 1. The van der Waals surface area contributed by atoms with E-state index in [9.17, 15) is 0 Å². The summed E-state index contributed by atoms with van der Waals surface area (Å²) in [5, 5.41) is 8.94. The van der Waals surface area contributed by atoms with E-state index in [4.69, 9.17) is 4.98 Å². The van der Waals surface area contributed by atoms with Crippen LogP contribution in [0, 0.1) is 0 Å². The lowest BCUT2D eigenvalue weighted by Crippen LogP contribution is -2.07. The number of thiazole rings is 1. The van der Waals surface area contributed by atoms with Crippen molar-refractivity contribution < 1.29 is 0 Å². The molecule has 3 rings (SSSR count). The van der Waals surface area contributed by atoms with Crippen LogP contribution in [0.25, 0.3) is 10.6 Å². The first-order valence-electron chi connectivity index (χ1n) is 5.23. The van der Waals surface area contributed by atoms with Crippen molar-refractivity contribution in [3.63, 3.8) is 0 Å². The molecule has 84 valence electrons. The Balaban J connectivity index is 1.87. The zero-order chi connectivity index (χ0) is 11.0. The number of rotatable bonds is 2. The molecule has 0 saturated carbocycles. The molecule has 1 atom stereocenters. The molecule has 5 heteroatoms. The molecule has 1 fully saturated rings. The fourth-order valence-electron chi connectivity index (χ4n) is 1.90. The number of thiophene rings is 1. The SMILES string of the molecule is Brc1csc(-c2csc(C3CCNC3)n2)c1. The molecule has 0 amide bonds. The van der Waals surface area contributed by atoms with Crippen LogP contribution in [-0.4, -0.2) is 18.1 Å². The van der Waals surface area contributed by atoms with Gasteiger partial charge >= 0.3 is 0 Å². The maximum atomic E-state index is 4.74. The Morgan fingerprint density at radius 3 is 3.00 bits per heavy atom. The van der Waals surface area contributed by atoms with Gasteiger partial charge in [-0.05, 0) is 35.0 Å². The van der Waals surface area contributed by atoms with Gasteiger partial charge in [0.15, 0.2) is 0 Å². The Morgan fingerprint density at radius 1 is 1.38 bits per heavy atom. The molecule has 0 aromatic carbocycles. The lowest BCUT2D eigenvalue weighted by atomic mass is 10.1. The second kappa shape index (κ2) is 4.56. The molecule has 1 saturated heterocycles. The molecule has 0 aliphatic carbocycles. The summed E-state index contributed by atoms with van der Waals surface area (Å²) in [7, 11) is 0. The molecule has 16 heavy (non-hydrogen) atoms. The summed E-state index contributed by atoms with van der Waals surface area (Å²) in [5.41, 5.74) is 1.13. The van der Waals surface area contributed by atoms with Crippen molar-refractivity contribution in [2.45, 2.75) is 12.3 Å². The molecule has 0 bridgehead atoms. The number of nitrogens with one attached hydrogen (secondary N) is 1. The summed E-state index contributed by atoms with van der Waals surface area (Å²) in [4.78, 5) is 5.99. The standard InChI is InChI=1S/C11H11BrN2S2/c12-8-3-10(15-5-8)9-6-16-11(14-9)7-1-2-13-4-7/h3,5-7,13H,1-2,4H2. The quantitative estimate of drug-likeness (QED) is 0.914. The zero-order valence-corrected chi connectivity index (χ0v) is 11.8. The Bertz CT molecular complexity index is 486. The van der Waals surface area contributed by atoms with E-state index >= 15 is 0 Å². The fraction of sp³-hybridized carbons (Fsp3) is 0.364. The average Bonchev–Trinajstić information content (AvgIpc) is 2.97. The molecular formula is C11H11BrN2S2. The minimum absolute atomic E-state index is 0.627. The molecule has 1 N–H and O–H groups in total. The fourth-order valence-corrected chi connectivity index (χ4v) is 4.32. The largest absolute Gasteiger partial charge is 0.316 e. The van der Waals surface area contributed by atoms with E-state index in [1.54, 1.807) is 22.7 Å². The third-order valence-electron chi connectivity index (χ3n) is 2.75. The van der Waals surface area contributed by atoms with Crippen LogP contribution in [0.2, 0.25) is 0 Å². The smallest absolute Gasteiger partial charge is 0.0977 e. The van der Waals surface area contributed by atoms with Gasteiger partial charge in [0.05, 0.1) is 15.6 Å². The van der Waals surface area contributed by atoms with Gasteiger partial charge in [-0.1, -0.05) is 0 Å².